The Labute approximate surface area is 115 Å². The molecule has 2 aromatic rings. The summed E-state index contributed by atoms with van der Waals surface area (Å²) < 4.78 is 1.53. The van der Waals surface area contributed by atoms with Crippen molar-refractivity contribution in [3.8, 4) is 6.07 Å². The highest BCUT2D eigenvalue weighted by Gasteiger charge is 2.08. The SMILES string of the molecule is Cc1c(Cl)cnn1CC(=O)Nc1ccc(C#N)cc1. The zero-order valence-electron chi connectivity index (χ0n) is 10.2. The Morgan fingerprint density at radius 1 is 1.47 bits per heavy atom. The van der Waals surface area contributed by atoms with Crippen LogP contribution in [0, 0.1) is 18.3 Å². The minimum atomic E-state index is -0.201. The van der Waals surface area contributed by atoms with E-state index in [0.717, 1.165) is 5.69 Å². The number of nitrogens with zero attached hydrogens (tertiary/aromatic N) is 3. The van der Waals surface area contributed by atoms with Gasteiger partial charge >= 0.3 is 0 Å². The van der Waals surface area contributed by atoms with Crippen LogP contribution in [0.5, 0.6) is 0 Å². The van der Waals surface area contributed by atoms with E-state index in [9.17, 15) is 4.79 Å². The van der Waals surface area contributed by atoms with Crippen LogP contribution in [-0.4, -0.2) is 15.7 Å². The van der Waals surface area contributed by atoms with Crippen LogP contribution >= 0.6 is 11.6 Å². The lowest BCUT2D eigenvalue weighted by atomic mass is 10.2. The number of carbonyl (C=O) groups excluding carboxylic acids is 1. The van der Waals surface area contributed by atoms with E-state index in [1.165, 1.54) is 10.9 Å². The topological polar surface area (TPSA) is 70.7 Å². The Hall–Kier alpha value is -2.32. The summed E-state index contributed by atoms with van der Waals surface area (Å²) in [5.41, 5.74) is 1.93. The largest absolute Gasteiger partial charge is 0.324 e. The van der Waals surface area contributed by atoms with Gasteiger partial charge in [0.05, 0.1) is 28.5 Å². The summed E-state index contributed by atoms with van der Waals surface area (Å²) in [6, 6.07) is 8.66. The molecule has 0 radical (unpaired) electrons. The minimum absolute atomic E-state index is 0.0958. The van der Waals surface area contributed by atoms with Crippen LogP contribution in [0.2, 0.25) is 5.02 Å². The summed E-state index contributed by atoms with van der Waals surface area (Å²) >= 11 is 5.86. The Morgan fingerprint density at radius 3 is 2.68 bits per heavy atom. The van der Waals surface area contributed by atoms with Crippen molar-refractivity contribution in [2.45, 2.75) is 13.5 Å². The van der Waals surface area contributed by atoms with Crippen LogP contribution in [-0.2, 0) is 11.3 Å². The second-order valence-corrected chi connectivity index (χ2v) is 4.38. The molecule has 0 fully saturated rings. The van der Waals surface area contributed by atoms with Crippen molar-refractivity contribution in [1.29, 1.82) is 5.26 Å². The van der Waals surface area contributed by atoms with Crippen LogP contribution in [0.25, 0.3) is 0 Å². The summed E-state index contributed by atoms with van der Waals surface area (Å²) in [6.07, 6.45) is 1.51. The van der Waals surface area contributed by atoms with E-state index in [4.69, 9.17) is 16.9 Å². The molecule has 0 atom stereocenters. The number of nitrogens with one attached hydrogen (secondary N) is 1. The van der Waals surface area contributed by atoms with Gasteiger partial charge in [0, 0.05) is 5.69 Å². The van der Waals surface area contributed by atoms with Gasteiger partial charge in [-0.25, -0.2) is 0 Å². The van der Waals surface area contributed by atoms with Gasteiger partial charge in [0.25, 0.3) is 0 Å². The Balaban J connectivity index is 2.01. The van der Waals surface area contributed by atoms with Gasteiger partial charge in [-0.2, -0.15) is 10.4 Å². The van der Waals surface area contributed by atoms with Gasteiger partial charge in [-0.05, 0) is 31.2 Å². The number of anilines is 1. The number of benzene rings is 1. The van der Waals surface area contributed by atoms with Gasteiger partial charge in [-0.1, -0.05) is 11.6 Å². The Kier molecular flexibility index (Phi) is 3.83. The summed E-state index contributed by atoms with van der Waals surface area (Å²) in [7, 11) is 0. The van der Waals surface area contributed by atoms with E-state index in [0.29, 0.717) is 16.3 Å². The fraction of sp³-hybridized carbons (Fsp3) is 0.154. The molecule has 2 rings (SSSR count). The standard InChI is InChI=1S/C13H11ClN4O/c1-9-12(14)7-16-18(9)8-13(19)17-11-4-2-10(6-15)3-5-11/h2-5,7H,8H2,1H3,(H,17,19). The molecule has 1 heterocycles. The normalized spacial score (nSPS) is 9.95. The molecule has 96 valence electrons. The maximum absolute atomic E-state index is 11.8. The number of hydrogen-bond acceptors (Lipinski definition) is 3. The molecule has 1 N–H and O–H groups in total. The molecule has 0 unspecified atom stereocenters. The zero-order valence-corrected chi connectivity index (χ0v) is 11.0. The van der Waals surface area contributed by atoms with E-state index in [2.05, 4.69) is 10.4 Å². The quantitative estimate of drug-likeness (QED) is 0.934. The molecule has 0 bridgehead atoms. The van der Waals surface area contributed by atoms with E-state index in [-0.39, 0.29) is 12.5 Å². The first-order valence-electron chi connectivity index (χ1n) is 5.58. The van der Waals surface area contributed by atoms with Gasteiger partial charge in [0.1, 0.15) is 6.54 Å². The first kappa shape index (κ1) is 13.1. The predicted octanol–water partition coefficient (Wildman–Crippen LogP) is 2.36. The van der Waals surface area contributed by atoms with Crippen LogP contribution in [0.15, 0.2) is 30.5 Å². The second-order valence-electron chi connectivity index (χ2n) is 3.97. The van der Waals surface area contributed by atoms with Crippen LogP contribution < -0.4 is 5.32 Å². The number of rotatable bonds is 3. The second kappa shape index (κ2) is 5.55. The van der Waals surface area contributed by atoms with Gasteiger partial charge in [0.2, 0.25) is 5.91 Å². The summed E-state index contributed by atoms with van der Waals surface area (Å²) in [5, 5.41) is 15.9. The average Bonchev–Trinajstić information content (AvgIpc) is 2.71. The highest BCUT2D eigenvalue weighted by molar-refractivity contribution is 6.31. The lowest BCUT2D eigenvalue weighted by Gasteiger charge is -2.06. The van der Waals surface area contributed by atoms with Crippen molar-refractivity contribution in [3.63, 3.8) is 0 Å². The summed E-state index contributed by atoms with van der Waals surface area (Å²) in [5.74, 6) is -0.201. The number of halogens is 1. The predicted molar refractivity (Wildman–Crippen MR) is 71.8 cm³/mol. The number of carbonyl (C=O) groups is 1. The molecule has 0 aliphatic heterocycles. The van der Waals surface area contributed by atoms with Crippen molar-refractivity contribution in [2.24, 2.45) is 0 Å². The fourth-order valence-electron chi connectivity index (χ4n) is 1.55. The Bertz CT molecular complexity index is 640. The molecule has 19 heavy (non-hydrogen) atoms. The molecule has 1 aromatic heterocycles. The molecule has 0 spiro atoms. The van der Waals surface area contributed by atoms with Crippen molar-refractivity contribution >= 4 is 23.2 Å². The van der Waals surface area contributed by atoms with Crippen molar-refractivity contribution in [2.75, 3.05) is 5.32 Å². The molecule has 0 saturated carbocycles. The first-order valence-corrected chi connectivity index (χ1v) is 5.96. The number of aromatic nitrogens is 2. The molecule has 0 saturated heterocycles. The number of hydrogen-bond donors (Lipinski definition) is 1. The molecule has 1 aromatic carbocycles. The van der Waals surface area contributed by atoms with E-state index in [1.807, 2.05) is 6.07 Å². The smallest absolute Gasteiger partial charge is 0.246 e. The fourth-order valence-corrected chi connectivity index (χ4v) is 1.69. The maximum Gasteiger partial charge on any atom is 0.246 e. The van der Waals surface area contributed by atoms with Crippen LogP contribution in [0.4, 0.5) is 5.69 Å². The van der Waals surface area contributed by atoms with Crippen molar-refractivity contribution in [3.05, 3.63) is 46.7 Å². The molecular weight excluding hydrogens is 264 g/mol. The molecule has 0 aliphatic carbocycles. The minimum Gasteiger partial charge on any atom is -0.324 e. The van der Waals surface area contributed by atoms with Gasteiger partial charge in [0.15, 0.2) is 0 Å². The third-order valence-corrected chi connectivity index (χ3v) is 3.01. The maximum atomic E-state index is 11.8. The Morgan fingerprint density at radius 2 is 2.16 bits per heavy atom. The van der Waals surface area contributed by atoms with Crippen molar-refractivity contribution in [1.82, 2.24) is 9.78 Å². The number of nitriles is 1. The molecule has 6 heteroatoms. The molecule has 0 aliphatic rings. The van der Waals surface area contributed by atoms with E-state index in [1.54, 1.807) is 31.2 Å². The van der Waals surface area contributed by atoms with Gasteiger partial charge in [-0.3, -0.25) is 9.48 Å². The average molecular weight is 275 g/mol. The van der Waals surface area contributed by atoms with E-state index < -0.39 is 0 Å². The first-order chi connectivity index (χ1) is 9.10. The summed E-state index contributed by atoms with van der Waals surface area (Å²) in [4.78, 5) is 11.8. The zero-order chi connectivity index (χ0) is 13.8. The van der Waals surface area contributed by atoms with Crippen molar-refractivity contribution < 1.29 is 4.79 Å². The van der Waals surface area contributed by atoms with Gasteiger partial charge in [-0.15, -0.1) is 0 Å². The highest BCUT2D eigenvalue weighted by atomic mass is 35.5. The summed E-state index contributed by atoms with van der Waals surface area (Å²) in [6.45, 7) is 1.89. The number of amides is 1. The van der Waals surface area contributed by atoms with Crippen LogP contribution in [0.1, 0.15) is 11.3 Å². The van der Waals surface area contributed by atoms with Gasteiger partial charge < -0.3 is 5.32 Å². The third kappa shape index (κ3) is 3.12. The molecule has 5 nitrogen and oxygen atoms in total. The highest BCUT2D eigenvalue weighted by Crippen LogP contribution is 2.13. The molecular formula is C13H11ClN4O. The van der Waals surface area contributed by atoms with Crippen LogP contribution in [0.3, 0.4) is 0 Å². The monoisotopic (exact) mass is 274 g/mol. The molecule has 1 amide bonds. The van der Waals surface area contributed by atoms with E-state index >= 15 is 0 Å². The lowest BCUT2D eigenvalue weighted by Crippen LogP contribution is -2.20. The lowest BCUT2D eigenvalue weighted by molar-refractivity contribution is -0.116. The third-order valence-electron chi connectivity index (χ3n) is 2.63.